The predicted molar refractivity (Wildman–Crippen MR) is 113 cm³/mol. The number of Topliss-reactive ketones (excluding diaryl/α,β-unsaturated/α-hetero) is 1. The van der Waals surface area contributed by atoms with Crippen molar-refractivity contribution in [2.75, 3.05) is 6.61 Å². The third-order valence-corrected chi connectivity index (χ3v) is 5.72. The molecule has 1 aliphatic carbocycles. The Hall–Kier alpha value is -3.34. The highest BCUT2D eigenvalue weighted by Gasteiger charge is 2.43. The van der Waals surface area contributed by atoms with E-state index in [1.54, 1.807) is 6.92 Å². The average Bonchev–Trinajstić information content (AvgIpc) is 2.74. The van der Waals surface area contributed by atoms with E-state index in [2.05, 4.69) is 0 Å². The van der Waals surface area contributed by atoms with Crippen molar-refractivity contribution in [2.45, 2.75) is 38.5 Å². The molecule has 0 saturated carbocycles. The van der Waals surface area contributed by atoms with Gasteiger partial charge >= 0.3 is 5.97 Å². The molecule has 0 unspecified atom stereocenters. The molecule has 1 heterocycles. The first-order valence-electron chi connectivity index (χ1n) is 10.2. The summed E-state index contributed by atoms with van der Waals surface area (Å²) in [4.78, 5) is 26.1. The molecule has 154 valence electrons. The van der Waals surface area contributed by atoms with Gasteiger partial charge < -0.3 is 15.2 Å². The molecule has 0 aromatic heterocycles. The maximum atomic E-state index is 13.3. The molecule has 30 heavy (non-hydrogen) atoms. The number of benzene rings is 2. The van der Waals surface area contributed by atoms with Gasteiger partial charge in [0.1, 0.15) is 11.3 Å². The third-order valence-electron chi connectivity index (χ3n) is 5.72. The number of nitrogens with two attached hydrogens (primary N) is 1. The van der Waals surface area contributed by atoms with Crippen LogP contribution in [0.5, 0.6) is 0 Å². The summed E-state index contributed by atoms with van der Waals surface area (Å²) in [7, 11) is 0. The molecule has 2 aliphatic rings. The summed E-state index contributed by atoms with van der Waals surface area (Å²) in [6.07, 6.45) is 0.925. The van der Waals surface area contributed by atoms with E-state index in [0.29, 0.717) is 24.2 Å². The maximum absolute atomic E-state index is 13.3. The monoisotopic (exact) mass is 403 g/mol. The van der Waals surface area contributed by atoms with Crippen LogP contribution >= 0.6 is 0 Å². The zero-order valence-electron chi connectivity index (χ0n) is 17.2. The summed E-state index contributed by atoms with van der Waals surface area (Å²) in [5, 5.41) is 0. The number of hydrogen-bond donors (Lipinski definition) is 1. The average molecular weight is 403 g/mol. The van der Waals surface area contributed by atoms with Gasteiger partial charge in [0.15, 0.2) is 5.78 Å². The molecule has 5 heteroatoms. The van der Waals surface area contributed by atoms with Crippen molar-refractivity contribution in [1.29, 1.82) is 0 Å². The first-order valence-corrected chi connectivity index (χ1v) is 10.2. The normalized spacial score (nSPS) is 21.2. The summed E-state index contributed by atoms with van der Waals surface area (Å²) < 4.78 is 11.1. The summed E-state index contributed by atoms with van der Waals surface area (Å²) >= 11 is 0. The van der Waals surface area contributed by atoms with Crippen LogP contribution in [0.2, 0.25) is 0 Å². The van der Waals surface area contributed by atoms with Crippen molar-refractivity contribution in [3.63, 3.8) is 0 Å². The molecule has 0 radical (unpaired) electrons. The molecular weight excluding hydrogens is 378 g/mol. The largest absolute Gasteiger partial charge is 0.462 e. The Morgan fingerprint density at radius 3 is 2.43 bits per heavy atom. The van der Waals surface area contributed by atoms with Crippen LogP contribution in [0, 0.1) is 6.92 Å². The maximum Gasteiger partial charge on any atom is 0.340 e. The number of ketones is 1. The molecule has 5 nitrogen and oxygen atoms in total. The van der Waals surface area contributed by atoms with Gasteiger partial charge in [0.2, 0.25) is 5.88 Å². The van der Waals surface area contributed by atoms with Crippen molar-refractivity contribution in [2.24, 2.45) is 5.73 Å². The van der Waals surface area contributed by atoms with E-state index in [1.165, 1.54) is 0 Å². The summed E-state index contributed by atoms with van der Waals surface area (Å²) in [5.41, 5.74) is 9.94. The van der Waals surface area contributed by atoms with Gasteiger partial charge in [0.25, 0.3) is 0 Å². The second kappa shape index (κ2) is 8.19. The molecule has 1 aliphatic heterocycles. The van der Waals surface area contributed by atoms with Crippen LogP contribution in [-0.2, 0) is 19.1 Å². The van der Waals surface area contributed by atoms with Crippen LogP contribution in [-0.4, -0.2) is 18.4 Å². The number of esters is 1. The SMILES string of the molecule is CCOC(=O)C1=C(N)OC2=C(C(=O)C[C@H](c3ccccc3)C2)[C@@H]1c1ccc(C)cc1. The number of carbonyl (C=O) groups is 2. The highest BCUT2D eigenvalue weighted by Crippen LogP contribution is 2.47. The molecule has 0 bridgehead atoms. The zero-order chi connectivity index (χ0) is 21.3. The van der Waals surface area contributed by atoms with Crippen LogP contribution in [0.4, 0.5) is 0 Å². The predicted octanol–water partition coefficient (Wildman–Crippen LogP) is 4.24. The fraction of sp³-hybridized carbons (Fsp3) is 0.280. The summed E-state index contributed by atoms with van der Waals surface area (Å²) in [6, 6.07) is 17.7. The minimum absolute atomic E-state index is 0.0132. The van der Waals surface area contributed by atoms with Crippen molar-refractivity contribution in [1.82, 2.24) is 0 Å². The van der Waals surface area contributed by atoms with Crippen LogP contribution < -0.4 is 5.73 Å². The number of rotatable bonds is 4. The van der Waals surface area contributed by atoms with E-state index in [9.17, 15) is 9.59 Å². The van der Waals surface area contributed by atoms with E-state index in [4.69, 9.17) is 15.2 Å². The van der Waals surface area contributed by atoms with E-state index >= 15 is 0 Å². The third kappa shape index (κ3) is 3.63. The molecule has 2 aromatic rings. The summed E-state index contributed by atoms with van der Waals surface area (Å²) in [6.45, 7) is 3.94. The Bertz CT molecular complexity index is 1030. The van der Waals surface area contributed by atoms with E-state index in [-0.39, 0.29) is 29.8 Å². The van der Waals surface area contributed by atoms with Crippen LogP contribution in [0.3, 0.4) is 0 Å². The number of aryl methyl sites for hydroxylation is 1. The number of allylic oxidation sites excluding steroid dienone is 2. The topological polar surface area (TPSA) is 78.6 Å². The lowest BCUT2D eigenvalue weighted by atomic mass is 9.73. The van der Waals surface area contributed by atoms with E-state index < -0.39 is 11.9 Å². The minimum atomic E-state index is -0.586. The Balaban J connectivity index is 1.80. The first kappa shape index (κ1) is 20.0. The van der Waals surface area contributed by atoms with Gasteiger partial charge in [0, 0.05) is 18.4 Å². The second-order valence-corrected chi connectivity index (χ2v) is 7.72. The van der Waals surface area contributed by atoms with E-state index in [0.717, 1.165) is 16.7 Å². The Kier molecular flexibility index (Phi) is 5.44. The van der Waals surface area contributed by atoms with Crippen molar-refractivity contribution in [3.05, 3.63) is 94.1 Å². The van der Waals surface area contributed by atoms with Gasteiger partial charge in [-0.25, -0.2) is 4.79 Å². The smallest absolute Gasteiger partial charge is 0.340 e. The molecular formula is C25H25NO4. The quantitative estimate of drug-likeness (QED) is 0.773. The molecule has 0 amide bonds. The van der Waals surface area contributed by atoms with Gasteiger partial charge in [-0.15, -0.1) is 0 Å². The highest BCUT2D eigenvalue weighted by atomic mass is 16.5. The van der Waals surface area contributed by atoms with Gasteiger partial charge in [-0.05, 0) is 30.9 Å². The highest BCUT2D eigenvalue weighted by molar-refractivity contribution is 6.03. The van der Waals surface area contributed by atoms with Crippen molar-refractivity contribution >= 4 is 11.8 Å². The first-order chi connectivity index (χ1) is 14.5. The molecule has 0 spiro atoms. The van der Waals surface area contributed by atoms with Gasteiger partial charge in [-0.2, -0.15) is 0 Å². The zero-order valence-corrected chi connectivity index (χ0v) is 17.2. The minimum Gasteiger partial charge on any atom is -0.462 e. The number of carbonyl (C=O) groups excluding carboxylic acids is 2. The Morgan fingerprint density at radius 1 is 1.07 bits per heavy atom. The van der Waals surface area contributed by atoms with E-state index in [1.807, 2.05) is 61.5 Å². The van der Waals surface area contributed by atoms with Gasteiger partial charge in [0.05, 0.1) is 12.5 Å². The lowest BCUT2D eigenvalue weighted by molar-refractivity contribution is -0.139. The van der Waals surface area contributed by atoms with Crippen LogP contribution in [0.1, 0.15) is 48.3 Å². The fourth-order valence-electron chi connectivity index (χ4n) is 4.27. The Labute approximate surface area is 176 Å². The van der Waals surface area contributed by atoms with Crippen LogP contribution in [0.25, 0.3) is 0 Å². The van der Waals surface area contributed by atoms with Gasteiger partial charge in [-0.3, -0.25) is 4.79 Å². The standard InChI is InChI=1S/C25H25NO4/c1-3-29-25(28)23-21(17-11-9-15(2)10-12-17)22-19(27)13-18(14-20(22)30-24(23)26)16-7-5-4-6-8-16/h4-12,18,21H,3,13-14,26H2,1-2H3/t18-,21-/m0/s1. The van der Waals surface area contributed by atoms with Crippen LogP contribution in [0.15, 0.2) is 77.4 Å². The number of hydrogen-bond acceptors (Lipinski definition) is 5. The van der Waals surface area contributed by atoms with Gasteiger partial charge in [-0.1, -0.05) is 60.2 Å². The lowest BCUT2D eigenvalue weighted by Gasteiger charge is -2.35. The fourth-order valence-corrected chi connectivity index (χ4v) is 4.27. The Morgan fingerprint density at radius 2 is 1.77 bits per heavy atom. The molecule has 0 saturated heterocycles. The number of ether oxygens (including phenoxy) is 2. The molecule has 4 rings (SSSR count). The van der Waals surface area contributed by atoms with Crippen molar-refractivity contribution in [3.8, 4) is 0 Å². The van der Waals surface area contributed by atoms with Crippen molar-refractivity contribution < 1.29 is 19.1 Å². The molecule has 2 N–H and O–H groups in total. The molecule has 0 fully saturated rings. The second-order valence-electron chi connectivity index (χ2n) is 7.72. The molecule has 2 aromatic carbocycles. The lowest BCUT2D eigenvalue weighted by Crippen LogP contribution is -2.33. The molecule has 2 atom stereocenters. The summed E-state index contributed by atoms with van der Waals surface area (Å²) in [5.74, 6) is -0.573.